The van der Waals surface area contributed by atoms with E-state index in [1.165, 1.54) is 0 Å². The van der Waals surface area contributed by atoms with E-state index >= 15 is 0 Å². The molecule has 1 aromatic rings. The number of nitrogens with one attached hydrogen (secondary N) is 1. The molecule has 138 valence electrons. The summed E-state index contributed by atoms with van der Waals surface area (Å²) < 4.78 is 37.5. The fourth-order valence-corrected chi connectivity index (χ4v) is 3.63. The molecule has 1 unspecified atom stereocenters. The van der Waals surface area contributed by atoms with E-state index in [-0.39, 0.29) is 12.3 Å². The standard InChI is InChI=1S/C18H24F3N3O/c19-18(20,21)7-5-14-3-1-2-4-16(14)17(25)24-11-9-23(10-12-24)15-6-8-22-13-15/h1-4,15,22H,5-13H2. The molecular weight excluding hydrogens is 331 g/mol. The van der Waals surface area contributed by atoms with Crippen LogP contribution in [0.4, 0.5) is 13.2 Å². The third kappa shape index (κ3) is 4.73. The van der Waals surface area contributed by atoms with Crippen molar-refractivity contribution >= 4 is 5.91 Å². The van der Waals surface area contributed by atoms with E-state index in [0.29, 0.717) is 30.3 Å². The Hall–Kier alpha value is -1.60. The summed E-state index contributed by atoms with van der Waals surface area (Å²) in [5.74, 6) is -0.151. The first-order valence-corrected chi connectivity index (χ1v) is 8.83. The second-order valence-electron chi connectivity index (χ2n) is 6.75. The first kappa shape index (κ1) is 18.2. The third-order valence-electron chi connectivity index (χ3n) is 5.08. The Morgan fingerprint density at radius 1 is 1.16 bits per heavy atom. The number of alkyl halides is 3. The molecule has 0 aromatic heterocycles. The molecule has 1 N–H and O–H groups in total. The summed E-state index contributed by atoms with van der Waals surface area (Å²) in [6.45, 7) is 4.93. The van der Waals surface area contributed by atoms with Crippen LogP contribution in [0.2, 0.25) is 0 Å². The molecule has 1 aromatic carbocycles. The summed E-state index contributed by atoms with van der Waals surface area (Å²) in [4.78, 5) is 17.0. The highest BCUT2D eigenvalue weighted by Crippen LogP contribution is 2.24. The van der Waals surface area contributed by atoms with Crippen LogP contribution in [0, 0.1) is 0 Å². The Kier molecular flexibility index (Phi) is 5.64. The van der Waals surface area contributed by atoms with Crippen LogP contribution in [0.1, 0.15) is 28.8 Å². The number of carbonyl (C=O) groups is 1. The van der Waals surface area contributed by atoms with Crippen molar-refractivity contribution in [3.8, 4) is 0 Å². The molecule has 2 aliphatic rings. The molecule has 0 bridgehead atoms. The lowest BCUT2D eigenvalue weighted by atomic mass is 10.0. The van der Waals surface area contributed by atoms with Crippen molar-refractivity contribution in [2.24, 2.45) is 0 Å². The SMILES string of the molecule is O=C(c1ccccc1CCC(F)(F)F)N1CCN(C2CCNC2)CC1. The number of benzene rings is 1. The van der Waals surface area contributed by atoms with Gasteiger partial charge in [0.2, 0.25) is 0 Å². The molecule has 0 spiro atoms. The van der Waals surface area contributed by atoms with Crippen LogP contribution in [-0.2, 0) is 6.42 Å². The van der Waals surface area contributed by atoms with Crippen LogP contribution in [0.15, 0.2) is 24.3 Å². The topological polar surface area (TPSA) is 35.6 Å². The molecule has 2 heterocycles. The van der Waals surface area contributed by atoms with Gasteiger partial charge in [-0.2, -0.15) is 13.2 Å². The lowest BCUT2D eigenvalue weighted by Crippen LogP contribution is -2.52. The van der Waals surface area contributed by atoms with Gasteiger partial charge in [0.05, 0.1) is 0 Å². The van der Waals surface area contributed by atoms with Crippen LogP contribution in [0.25, 0.3) is 0 Å². The lowest BCUT2D eigenvalue weighted by molar-refractivity contribution is -0.134. The van der Waals surface area contributed by atoms with Crippen molar-refractivity contribution < 1.29 is 18.0 Å². The highest BCUT2D eigenvalue weighted by Gasteiger charge is 2.30. The summed E-state index contributed by atoms with van der Waals surface area (Å²) in [6.07, 6.45) is -4.13. The first-order valence-electron chi connectivity index (χ1n) is 8.83. The normalized spacial score (nSPS) is 22.4. The number of aryl methyl sites for hydroxylation is 1. The van der Waals surface area contributed by atoms with Crippen molar-refractivity contribution in [1.29, 1.82) is 0 Å². The van der Waals surface area contributed by atoms with Crippen LogP contribution in [-0.4, -0.2) is 67.2 Å². The predicted molar refractivity (Wildman–Crippen MR) is 89.6 cm³/mol. The van der Waals surface area contributed by atoms with Crippen molar-refractivity contribution in [3.63, 3.8) is 0 Å². The van der Waals surface area contributed by atoms with Crippen LogP contribution in [0.5, 0.6) is 0 Å². The number of halogens is 3. The monoisotopic (exact) mass is 355 g/mol. The minimum absolute atomic E-state index is 0.151. The number of piperazine rings is 1. The zero-order chi connectivity index (χ0) is 17.9. The molecular formula is C18H24F3N3O. The van der Waals surface area contributed by atoms with Crippen molar-refractivity contribution in [3.05, 3.63) is 35.4 Å². The first-order chi connectivity index (χ1) is 11.9. The van der Waals surface area contributed by atoms with E-state index in [9.17, 15) is 18.0 Å². The zero-order valence-electron chi connectivity index (χ0n) is 14.2. The maximum absolute atomic E-state index is 12.8. The van der Waals surface area contributed by atoms with Gasteiger partial charge in [-0.25, -0.2) is 0 Å². The van der Waals surface area contributed by atoms with Gasteiger partial charge in [0.25, 0.3) is 5.91 Å². The maximum Gasteiger partial charge on any atom is 0.389 e. The second kappa shape index (κ2) is 7.74. The van der Waals surface area contributed by atoms with Crippen molar-refractivity contribution in [2.45, 2.75) is 31.5 Å². The smallest absolute Gasteiger partial charge is 0.336 e. The van der Waals surface area contributed by atoms with Crippen molar-refractivity contribution in [2.75, 3.05) is 39.3 Å². The van der Waals surface area contributed by atoms with Crippen LogP contribution in [0.3, 0.4) is 0 Å². The second-order valence-corrected chi connectivity index (χ2v) is 6.75. The minimum atomic E-state index is -4.21. The predicted octanol–water partition coefficient (Wildman–Crippen LogP) is 2.30. The van der Waals surface area contributed by atoms with Gasteiger partial charge in [-0.1, -0.05) is 18.2 Å². The number of amides is 1. The van der Waals surface area contributed by atoms with E-state index in [0.717, 1.165) is 32.6 Å². The molecule has 3 rings (SSSR count). The number of hydrogen-bond donors (Lipinski definition) is 1. The zero-order valence-corrected chi connectivity index (χ0v) is 14.2. The molecule has 0 radical (unpaired) electrons. The average molecular weight is 355 g/mol. The summed E-state index contributed by atoms with van der Waals surface area (Å²) in [5, 5.41) is 3.35. The summed E-state index contributed by atoms with van der Waals surface area (Å²) in [7, 11) is 0. The highest BCUT2D eigenvalue weighted by atomic mass is 19.4. The summed E-state index contributed by atoms with van der Waals surface area (Å²) in [6, 6.07) is 7.20. The van der Waals surface area contributed by atoms with Gasteiger partial charge in [-0.15, -0.1) is 0 Å². The Labute approximate surface area is 146 Å². The Morgan fingerprint density at radius 3 is 2.52 bits per heavy atom. The molecule has 2 fully saturated rings. The van der Waals surface area contributed by atoms with Gasteiger partial charge in [0.1, 0.15) is 0 Å². The molecule has 7 heteroatoms. The number of nitrogens with zero attached hydrogens (tertiary/aromatic N) is 2. The van der Waals surface area contributed by atoms with Gasteiger partial charge in [-0.05, 0) is 31.0 Å². The van der Waals surface area contributed by atoms with Crippen LogP contribution >= 0.6 is 0 Å². The third-order valence-corrected chi connectivity index (χ3v) is 5.08. The molecule has 25 heavy (non-hydrogen) atoms. The van der Waals surface area contributed by atoms with E-state index in [1.54, 1.807) is 29.2 Å². The van der Waals surface area contributed by atoms with E-state index < -0.39 is 12.6 Å². The largest absolute Gasteiger partial charge is 0.389 e. The van der Waals surface area contributed by atoms with E-state index in [1.807, 2.05) is 0 Å². The molecule has 2 saturated heterocycles. The number of rotatable bonds is 4. The molecule has 0 aliphatic carbocycles. The van der Waals surface area contributed by atoms with Gasteiger partial charge >= 0.3 is 6.18 Å². The Morgan fingerprint density at radius 2 is 1.88 bits per heavy atom. The fraction of sp³-hybridized carbons (Fsp3) is 0.611. The molecule has 2 aliphatic heterocycles. The fourth-order valence-electron chi connectivity index (χ4n) is 3.63. The number of hydrogen-bond acceptors (Lipinski definition) is 3. The molecule has 1 atom stereocenters. The molecule has 1 amide bonds. The molecule has 0 saturated carbocycles. The number of carbonyl (C=O) groups excluding carboxylic acids is 1. The van der Waals surface area contributed by atoms with Gasteiger partial charge in [0, 0.05) is 50.7 Å². The Balaban J connectivity index is 1.61. The maximum atomic E-state index is 12.8. The quantitative estimate of drug-likeness (QED) is 0.900. The minimum Gasteiger partial charge on any atom is -0.336 e. The van der Waals surface area contributed by atoms with Gasteiger partial charge < -0.3 is 10.2 Å². The highest BCUT2D eigenvalue weighted by molar-refractivity contribution is 5.95. The average Bonchev–Trinajstić information content (AvgIpc) is 3.14. The van der Waals surface area contributed by atoms with Crippen molar-refractivity contribution in [1.82, 2.24) is 15.1 Å². The Bertz CT molecular complexity index is 591. The van der Waals surface area contributed by atoms with Crippen LogP contribution < -0.4 is 5.32 Å². The summed E-state index contributed by atoms with van der Waals surface area (Å²) >= 11 is 0. The lowest BCUT2D eigenvalue weighted by Gasteiger charge is -2.38. The van der Waals surface area contributed by atoms with Gasteiger partial charge in [0.15, 0.2) is 0 Å². The summed E-state index contributed by atoms with van der Waals surface area (Å²) in [5.41, 5.74) is 0.884. The van der Waals surface area contributed by atoms with E-state index in [4.69, 9.17) is 0 Å². The molecule has 4 nitrogen and oxygen atoms in total. The van der Waals surface area contributed by atoms with E-state index in [2.05, 4.69) is 10.2 Å². The van der Waals surface area contributed by atoms with Gasteiger partial charge in [-0.3, -0.25) is 9.69 Å².